The minimum atomic E-state index is 0.480. The normalized spacial score (nSPS) is 11.0. The molecular formula is C14H18BrN3. The summed E-state index contributed by atoms with van der Waals surface area (Å²) in [7, 11) is 1.93. The summed E-state index contributed by atoms with van der Waals surface area (Å²) in [6, 6.07) is 4.37. The molecule has 3 nitrogen and oxygen atoms in total. The number of rotatable bonds is 2. The number of nitrogens with two attached hydrogens (primary N) is 1. The van der Waals surface area contributed by atoms with Crippen molar-refractivity contribution in [3.05, 3.63) is 39.0 Å². The molecule has 0 atom stereocenters. The van der Waals surface area contributed by atoms with Crippen molar-refractivity contribution in [3.8, 4) is 11.3 Å². The maximum absolute atomic E-state index is 5.75. The second kappa shape index (κ2) is 4.86. The molecule has 2 N–H and O–H groups in total. The Morgan fingerprint density at radius 2 is 1.78 bits per heavy atom. The van der Waals surface area contributed by atoms with Gasteiger partial charge in [-0.1, -0.05) is 17.7 Å². The smallest absolute Gasteiger partial charge is 0.107 e. The number of hydrogen-bond donors (Lipinski definition) is 1. The Balaban J connectivity index is 2.70. The molecule has 0 aliphatic heterocycles. The molecule has 2 aromatic rings. The molecule has 4 heteroatoms. The molecule has 0 radical (unpaired) electrons. The second-order valence-electron chi connectivity index (χ2n) is 4.71. The highest BCUT2D eigenvalue weighted by Gasteiger charge is 2.17. The van der Waals surface area contributed by atoms with Crippen LogP contribution in [0.5, 0.6) is 0 Å². The summed E-state index contributed by atoms with van der Waals surface area (Å²) in [5, 5.41) is 4.59. The van der Waals surface area contributed by atoms with Crippen molar-refractivity contribution >= 4 is 15.9 Å². The van der Waals surface area contributed by atoms with Gasteiger partial charge < -0.3 is 5.73 Å². The Morgan fingerprint density at radius 1 is 1.22 bits per heavy atom. The van der Waals surface area contributed by atoms with E-state index in [1.165, 1.54) is 22.3 Å². The summed E-state index contributed by atoms with van der Waals surface area (Å²) in [5.41, 5.74) is 12.7. The van der Waals surface area contributed by atoms with Crippen LogP contribution in [0, 0.1) is 20.8 Å². The van der Waals surface area contributed by atoms with E-state index >= 15 is 0 Å². The first kappa shape index (κ1) is 13.3. The lowest BCUT2D eigenvalue weighted by atomic mass is 9.97. The third-order valence-electron chi connectivity index (χ3n) is 3.21. The standard InChI is InChI=1S/C14H18BrN3/c1-8-5-9(2)12(10(3)6-8)14-13(15)11(7-16)18(4)17-14/h5-6H,7,16H2,1-4H3. The molecule has 0 bridgehead atoms. The molecule has 0 fully saturated rings. The highest BCUT2D eigenvalue weighted by Crippen LogP contribution is 2.34. The van der Waals surface area contributed by atoms with Crippen LogP contribution in [-0.4, -0.2) is 9.78 Å². The fourth-order valence-electron chi connectivity index (χ4n) is 2.47. The van der Waals surface area contributed by atoms with Gasteiger partial charge in [-0.2, -0.15) is 5.10 Å². The summed E-state index contributed by atoms with van der Waals surface area (Å²) >= 11 is 3.62. The van der Waals surface area contributed by atoms with E-state index in [4.69, 9.17) is 5.73 Å². The molecule has 0 spiro atoms. The Morgan fingerprint density at radius 3 is 2.22 bits per heavy atom. The molecule has 0 unspecified atom stereocenters. The lowest BCUT2D eigenvalue weighted by molar-refractivity contribution is 0.712. The SMILES string of the molecule is Cc1cc(C)c(-c2nn(C)c(CN)c2Br)c(C)c1. The van der Waals surface area contributed by atoms with E-state index < -0.39 is 0 Å². The summed E-state index contributed by atoms with van der Waals surface area (Å²) in [6.07, 6.45) is 0. The molecule has 1 heterocycles. The number of aromatic nitrogens is 2. The Hall–Kier alpha value is -1.13. The lowest BCUT2D eigenvalue weighted by Gasteiger charge is -2.09. The monoisotopic (exact) mass is 307 g/mol. The molecule has 0 amide bonds. The molecule has 2 rings (SSSR count). The minimum absolute atomic E-state index is 0.480. The largest absolute Gasteiger partial charge is 0.325 e. The van der Waals surface area contributed by atoms with E-state index in [0.717, 1.165) is 15.9 Å². The average molecular weight is 308 g/mol. The van der Waals surface area contributed by atoms with Gasteiger partial charge in [0.15, 0.2) is 0 Å². The van der Waals surface area contributed by atoms with Gasteiger partial charge in [-0.3, -0.25) is 4.68 Å². The highest BCUT2D eigenvalue weighted by atomic mass is 79.9. The summed E-state index contributed by atoms with van der Waals surface area (Å²) in [4.78, 5) is 0. The van der Waals surface area contributed by atoms with Gasteiger partial charge in [-0.15, -0.1) is 0 Å². The number of hydrogen-bond acceptors (Lipinski definition) is 2. The van der Waals surface area contributed by atoms with Gasteiger partial charge in [-0.05, 0) is 47.8 Å². The van der Waals surface area contributed by atoms with Crippen molar-refractivity contribution in [1.82, 2.24) is 9.78 Å². The van der Waals surface area contributed by atoms with Crippen LogP contribution >= 0.6 is 15.9 Å². The van der Waals surface area contributed by atoms with E-state index in [9.17, 15) is 0 Å². The molecule has 96 valence electrons. The van der Waals surface area contributed by atoms with Crippen LogP contribution in [0.3, 0.4) is 0 Å². The van der Waals surface area contributed by atoms with Gasteiger partial charge in [0.2, 0.25) is 0 Å². The Kier molecular flexibility index (Phi) is 3.59. The zero-order chi connectivity index (χ0) is 13.4. The van der Waals surface area contributed by atoms with Crippen LogP contribution in [0.15, 0.2) is 16.6 Å². The van der Waals surface area contributed by atoms with Gasteiger partial charge >= 0.3 is 0 Å². The molecule has 1 aromatic heterocycles. The van der Waals surface area contributed by atoms with E-state index in [-0.39, 0.29) is 0 Å². The van der Waals surface area contributed by atoms with Crippen molar-refractivity contribution < 1.29 is 0 Å². The fraction of sp³-hybridized carbons (Fsp3) is 0.357. The Bertz CT molecular complexity index is 576. The third kappa shape index (κ3) is 2.10. The van der Waals surface area contributed by atoms with Crippen LogP contribution in [-0.2, 0) is 13.6 Å². The summed E-state index contributed by atoms with van der Waals surface area (Å²) in [5.74, 6) is 0. The van der Waals surface area contributed by atoms with Crippen LogP contribution in [0.1, 0.15) is 22.4 Å². The molecule has 0 saturated carbocycles. The molecule has 18 heavy (non-hydrogen) atoms. The maximum Gasteiger partial charge on any atom is 0.107 e. The first-order valence-electron chi connectivity index (χ1n) is 5.95. The van der Waals surface area contributed by atoms with E-state index in [0.29, 0.717) is 6.54 Å². The predicted molar refractivity (Wildman–Crippen MR) is 78.4 cm³/mol. The fourth-order valence-corrected chi connectivity index (χ4v) is 3.16. The van der Waals surface area contributed by atoms with E-state index in [1.807, 2.05) is 11.7 Å². The number of benzene rings is 1. The Labute approximate surface area is 116 Å². The van der Waals surface area contributed by atoms with Crippen molar-refractivity contribution in [1.29, 1.82) is 0 Å². The van der Waals surface area contributed by atoms with E-state index in [2.05, 4.69) is 53.9 Å². The molecule has 0 saturated heterocycles. The van der Waals surface area contributed by atoms with Crippen LogP contribution < -0.4 is 5.73 Å². The second-order valence-corrected chi connectivity index (χ2v) is 5.50. The van der Waals surface area contributed by atoms with Crippen molar-refractivity contribution in [2.45, 2.75) is 27.3 Å². The third-order valence-corrected chi connectivity index (χ3v) is 4.04. The topological polar surface area (TPSA) is 43.8 Å². The number of halogens is 1. The quantitative estimate of drug-likeness (QED) is 0.925. The van der Waals surface area contributed by atoms with E-state index in [1.54, 1.807) is 0 Å². The predicted octanol–water partition coefficient (Wildman–Crippen LogP) is 3.23. The summed E-state index contributed by atoms with van der Waals surface area (Å²) < 4.78 is 2.85. The molecule has 0 aliphatic carbocycles. The van der Waals surface area contributed by atoms with Crippen LogP contribution in [0.4, 0.5) is 0 Å². The molecule has 0 aliphatic rings. The first-order valence-corrected chi connectivity index (χ1v) is 6.74. The van der Waals surface area contributed by atoms with Crippen molar-refractivity contribution in [3.63, 3.8) is 0 Å². The number of nitrogens with zero attached hydrogens (tertiary/aromatic N) is 2. The zero-order valence-electron chi connectivity index (χ0n) is 11.2. The zero-order valence-corrected chi connectivity index (χ0v) is 12.8. The summed E-state index contributed by atoms with van der Waals surface area (Å²) in [6.45, 7) is 6.84. The van der Waals surface area contributed by atoms with Crippen LogP contribution in [0.25, 0.3) is 11.3 Å². The highest BCUT2D eigenvalue weighted by molar-refractivity contribution is 9.10. The maximum atomic E-state index is 5.75. The van der Waals surface area contributed by atoms with Gasteiger partial charge in [0.1, 0.15) is 5.69 Å². The molecular weight excluding hydrogens is 290 g/mol. The first-order chi connectivity index (χ1) is 8.45. The average Bonchev–Trinajstić information content (AvgIpc) is 2.53. The molecule has 1 aromatic carbocycles. The van der Waals surface area contributed by atoms with Gasteiger partial charge in [-0.25, -0.2) is 0 Å². The van der Waals surface area contributed by atoms with Gasteiger partial charge in [0, 0.05) is 19.2 Å². The number of aryl methyl sites for hydroxylation is 4. The van der Waals surface area contributed by atoms with Gasteiger partial charge in [0.25, 0.3) is 0 Å². The van der Waals surface area contributed by atoms with Gasteiger partial charge in [0.05, 0.1) is 10.2 Å². The van der Waals surface area contributed by atoms with Crippen molar-refractivity contribution in [2.75, 3.05) is 0 Å². The lowest BCUT2D eigenvalue weighted by Crippen LogP contribution is -2.04. The van der Waals surface area contributed by atoms with Crippen molar-refractivity contribution in [2.24, 2.45) is 12.8 Å². The minimum Gasteiger partial charge on any atom is -0.325 e. The van der Waals surface area contributed by atoms with Crippen LogP contribution in [0.2, 0.25) is 0 Å².